The monoisotopic (exact) mass is 466 g/mol. The molecule has 184 valence electrons. The van der Waals surface area contributed by atoms with Crippen LogP contribution in [0.2, 0.25) is 0 Å². The molecule has 5 fully saturated rings. The molecule has 34 heavy (non-hydrogen) atoms. The van der Waals surface area contributed by atoms with Crippen LogP contribution in [0.1, 0.15) is 80.6 Å². The highest BCUT2D eigenvalue weighted by molar-refractivity contribution is 5.90. The molecule has 0 spiro atoms. The Balaban J connectivity index is 0.991. The number of carbonyl (C=O) groups excluding carboxylic acids is 2. The number of allylic oxidation sites excluding steroid dienone is 1. The summed E-state index contributed by atoms with van der Waals surface area (Å²) in [5.41, 5.74) is 2.52. The molecule has 0 N–H and O–H groups in total. The van der Waals surface area contributed by atoms with Crippen LogP contribution in [0.25, 0.3) is 5.57 Å². The van der Waals surface area contributed by atoms with Gasteiger partial charge in [-0.05, 0) is 112 Å². The lowest BCUT2D eigenvalue weighted by molar-refractivity contribution is -0.167. The molecule has 0 radical (unpaired) electrons. The minimum atomic E-state index is -0.308. The fourth-order valence-corrected chi connectivity index (χ4v) is 7.24. The average molecular weight is 467 g/mol. The first-order chi connectivity index (χ1) is 16.5. The van der Waals surface area contributed by atoms with E-state index in [1.165, 1.54) is 32.1 Å². The Morgan fingerprint density at radius 1 is 0.882 bits per heavy atom. The lowest BCUT2D eigenvalue weighted by atomic mass is 9.52. The van der Waals surface area contributed by atoms with Gasteiger partial charge in [-0.15, -0.1) is 0 Å². The molecule has 5 nitrogen and oxygen atoms in total. The van der Waals surface area contributed by atoms with E-state index in [-0.39, 0.29) is 30.8 Å². The molecule has 0 atom stereocenters. The van der Waals surface area contributed by atoms with E-state index < -0.39 is 0 Å². The van der Waals surface area contributed by atoms with Gasteiger partial charge in [-0.1, -0.05) is 24.3 Å². The van der Waals surface area contributed by atoms with E-state index in [2.05, 4.69) is 6.58 Å². The molecular formula is C29H38O5. The van der Waals surface area contributed by atoms with Crippen molar-refractivity contribution in [1.29, 1.82) is 0 Å². The molecule has 0 unspecified atom stereocenters. The van der Waals surface area contributed by atoms with Crippen LogP contribution in [0.15, 0.2) is 30.8 Å². The van der Waals surface area contributed by atoms with E-state index in [1.54, 1.807) is 12.1 Å². The number of esters is 2. The number of benzene rings is 1. The molecule has 4 bridgehead atoms. The van der Waals surface area contributed by atoms with Gasteiger partial charge in [0.15, 0.2) is 6.79 Å². The maximum atomic E-state index is 12.5. The smallest absolute Gasteiger partial charge is 0.338 e. The fourth-order valence-electron chi connectivity index (χ4n) is 7.24. The summed E-state index contributed by atoms with van der Waals surface area (Å²) in [6, 6.07) is 7.32. The van der Waals surface area contributed by atoms with Gasteiger partial charge in [0.1, 0.15) is 6.10 Å². The minimum absolute atomic E-state index is 0.0662. The lowest BCUT2D eigenvalue weighted by Gasteiger charge is -2.54. The van der Waals surface area contributed by atoms with Gasteiger partial charge in [0.05, 0.1) is 18.1 Å². The van der Waals surface area contributed by atoms with Crippen molar-refractivity contribution >= 4 is 17.5 Å². The molecule has 1 aromatic carbocycles. The van der Waals surface area contributed by atoms with E-state index in [4.69, 9.17) is 14.2 Å². The highest BCUT2D eigenvalue weighted by Gasteiger charge is 2.48. The van der Waals surface area contributed by atoms with Crippen LogP contribution in [0, 0.1) is 35.5 Å². The topological polar surface area (TPSA) is 61.8 Å². The van der Waals surface area contributed by atoms with Crippen molar-refractivity contribution in [3.8, 4) is 0 Å². The van der Waals surface area contributed by atoms with Crippen LogP contribution in [0.4, 0.5) is 0 Å². The first-order valence-corrected chi connectivity index (χ1v) is 13.2. The minimum Gasteiger partial charge on any atom is -0.459 e. The van der Waals surface area contributed by atoms with Crippen LogP contribution < -0.4 is 0 Å². The first kappa shape index (κ1) is 23.6. The zero-order valence-electron chi connectivity index (χ0n) is 20.4. The van der Waals surface area contributed by atoms with E-state index in [0.717, 1.165) is 41.4 Å². The summed E-state index contributed by atoms with van der Waals surface area (Å²) in [5, 5.41) is 0. The number of rotatable bonds is 8. The molecule has 5 heteroatoms. The zero-order valence-corrected chi connectivity index (χ0v) is 20.4. The van der Waals surface area contributed by atoms with Crippen molar-refractivity contribution in [2.75, 3.05) is 13.4 Å². The van der Waals surface area contributed by atoms with Gasteiger partial charge < -0.3 is 14.2 Å². The van der Waals surface area contributed by atoms with Crippen molar-refractivity contribution < 1.29 is 23.8 Å². The van der Waals surface area contributed by atoms with Crippen LogP contribution in [-0.2, 0) is 19.0 Å². The molecule has 5 aliphatic carbocycles. The quantitative estimate of drug-likeness (QED) is 0.266. The summed E-state index contributed by atoms with van der Waals surface area (Å²) in [7, 11) is 0. The van der Waals surface area contributed by atoms with E-state index in [0.29, 0.717) is 37.2 Å². The van der Waals surface area contributed by atoms with Gasteiger partial charge in [0.2, 0.25) is 0 Å². The highest BCUT2D eigenvalue weighted by Crippen LogP contribution is 2.56. The van der Waals surface area contributed by atoms with Crippen LogP contribution in [0.3, 0.4) is 0 Å². The second kappa shape index (κ2) is 10.2. The van der Waals surface area contributed by atoms with Gasteiger partial charge in [-0.2, -0.15) is 0 Å². The van der Waals surface area contributed by atoms with Gasteiger partial charge in [-0.3, -0.25) is 4.79 Å². The molecule has 5 saturated carbocycles. The second-order valence-corrected chi connectivity index (χ2v) is 11.3. The SMILES string of the molecule is C=C(C)c1ccc(C(=O)OC2CCC(C(=O)OCOCC3C4CC5CC(C4)CC3C5)CC2)cc1. The zero-order chi connectivity index (χ0) is 23.7. The summed E-state index contributed by atoms with van der Waals surface area (Å²) >= 11 is 0. The van der Waals surface area contributed by atoms with Gasteiger partial charge in [0.25, 0.3) is 0 Å². The molecular weight excluding hydrogens is 428 g/mol. The fraction of sp³-hybridized carbons (Fsp3) is 0.655. The first-order valence-electron chi connectivity index (χ1n) is 13.2. The average Bonchev–Trinajstić information content (AvgIpc) is 2.83. The Labute approximate surface area is 203 Å². The number of hydrogen-bond acceptors (Lipinski definition) is 5. The molecule has 0 amide bonds. The molecule has 0 aromatic heterocycles. The molecule has 6 rings (SSSR count). The Bertz CT molecular complexity index is 868. The lowest BCUT2D eigenvalue weighted by Crippen LogP contribution is -2.46. The maximum absolute atomic E-state index is 12.5. The van der Waals surface area contributed by atoms with Crippen molar-refractivity contribution in [2.45, 2.75) is 70.8 Å². The maximum Gasteiger partial charge on any atom is 0.338 e. The van der Waals surface area contributed by atoms with Crippen molar-refractivity contribution in [2.24, 2.45) is 35.5 Å². The summed E-state index contributed by atoms with van der Waals surface area (Å²) in [4.78, 5) is 25.0. The van der Waals surface area contributed by atoms with Gasteiger partial charge in [-0.25, -0.2) is 4.79 Å². The third-order valence-corrected chi connectivity index (χ3v) is 8.91. The second-order valence-electron chi connectivity index (χ2n) is 11.3. The molecule has 0 heterocycles. The van der Waals surface area contributed by atoms with E-state index in [1.807, 2.05) is 19.1 Å². The number of carbonyl (C=O) groups is 2. The normalized spacial score (nSPS) is 34.0. The van der Waals surface area contributed by atoms with Crippen molar-refractivity contribution in [3.05, 3.63) is 42.0 Å². The van der Waals surface area contributed by atoms with E-state index in [9.17, 15) is 9.59 Å². The predicted octanol–water partition coefficient (Wildman–Crippen LogP) is 6.02. The third kappa shape index (κ3) is 5.25. The third-order valence-electron chi connectivity index (χ3n) is 8.91. The Hall–Kier alpha value is -2.14. The highest BCUT2D eigenvalue weighted by atomic mass is 16.7. The molecule has 5 aliphatic rings. The summed E-state index contributed by atoms with van der Waals surface area (Å²) in [6.45, 7) is 6.65. The summed E-state index contributed by atoms with van der Waals surface area (Å²) < 4.78 is 17.0. The van der Waals surface area contributed by atoms with Crippen molar-refractivity contribution in [3.63, 3.8) is 0 Å². The van der Waals surface area contributed by atoms with Gasteiger partial charge >= 0.3 is 11.9 Å². The number of hydrogen-bond donors (Lipinski definition) is 0. The number of ether oxygens (including phenoxy) is 3. The van der Waals surface area contributed by atoms with Crippen LogP contribution >= 0.6 is 0 Å². The Kier molecular flexibility index (Phi) is 7.10. The Morgan fingerprint density at radius 2 is 1.47 bits per heavy atom. The van der Waals surface area contributed by atoms with Crippen molar-refractivity contribution in [1.82, 2.24) is 0 Å². The van der Waals surface area contributed by atoms with Crippen LogP contribution in [0.5, 0.6) is 0 Å². The molecule has 0 aliphatic heterocycles. The van der Waals surface area contributed by atoms with Gasteiger partial charge in [0, 0.05) is 0 Å². The molecule has 1 aromatic rings. The summed E-state index contributed by atoms with van der Waals surface area (Å²) in [5.74, 6) is 3.63. The largest absolute Gasteiger partial charge is 0.459 e. The molecule has 0 saturated heterocycles. The summed E-state index contributed by atoms with van der Waals surface area (Å²) in [6.07, 6.45) is 9.58. The predicted molar refractivity (Wildman–Crippen MR) is 130 cm³/mol. The van der Waals surface area contributed by atoms with Crippen LogP contribution in [-0.4, -0.2) is 31.4 Å². The van der Waals surface area contributed by atoms with E-state index >= 15 is 0 Å². The standard InChI is InChI=1S/C29H38O5/c1-18(2)21-3-5-23(6-4-21)29(31)34-26-9-7-22(8-10-26)28(30)33-17-32-16-27-24-12-19-11-20(14-24)15-25(27)13-19/h3-6,19-20,22,24-27H,1,7-17H2,2H3. The Morgan fingerprint density at radius 3 is 2.06 bits per heavy atom.